The smallest absolute Gasteiger partial charge is 0.319 e. The van der Waals surface area contributed by atoms with Gasteiger partial charge in [-0.2, -0.15) is 5.10 Å². The van der Waals surface area contributed by atoms with E-state index >= 15 is 0 Å². The Morgan fingerprint density at radius 3 is 2.64 bits per heavy atom. The average molecular weight is 326 g/mol. The van der Waals surface area contributed by atoms with Gasteiger partial charge < -0.3 is 16.0 Å². The lowest BCUT2D eigenvalue weighted by molar-refractivity contribution is -0.117. The molecule has 8 heteroatoms. The van der Waals surface area contributed by atoms with E-state index in [1.807, 2.05) is 13.8 Å². The molecular weight excluding hydrogens is 306 g/mol. The molecule has 0 saturated carbocycles. The minimum atomic E-state index is -0.322. The van der Waals surface area contributed by atoms with Gasteiger partial charge in [0.15, 0.2) is 0 Å². The topological polar surface area (TPSA) is 88.1 Å². The fourth-order valence-electron chi connectivity index (χ4n) is 2.50. The minimum Gasteiger partial charge on any atom is -0.350 e. The normalized spacial score (nSPS) is 18.0. The van der Waals surface area contributed by atoms with Crippen LogP contribution in [0.5, 0.6) is 0 Å². The Morgan fingerprint density at radius 1 is 1.41 bits per heavy atom. The second-order valence-corrected chi connectivity index (χ2v) is 5.70. The van der Waals surface area contributed by atoms with Crippen molar-refractivity contribution in [1.82, 2.24) is 25.7 Å². The molecule has 1 aliphatic heterocycles. The molecule has 1 atom stereocenters. The van der Waals surface area contributed by atoms with Gasteiger partial charge in [0.1, 0.15) is 0 Å². The van der Waals surface area contributed by atoms with E-state index in [0.29, 0.717) is 29.4 Å². The summed E-state index contributed by atoms with van der Waals surface area (Å²) in [5, 5.41) is 13.1. The highest BCUT2D eigenvalue weighted by Crippen LogP contribution is 2.18. The second kappa shape index (κ2) is 6.39. The molecule has 0 spiro atoms. The van der Waals surface area contributed by atoms with Crippen molar-refractivity contribution in [3.63, 3.8) is 0 Å². The molecule has 1 aliphatic rings. The molecule has 1 aromatic rings. The number of carbonyl (C=O) groups excluding carboxylic acids is 2. The molecule has 2 heterocycles. The van der Waals surface area contributed by atoms with Gasteiger partial charge in [-0.25, -0.2) is 4.79 Å². The van der Waals surface area contributed by atoms with Gasteiger partial charge >= 0.3 is 6.03 Å². The van der Waals surface area contributed by atoms with E-state index in [4.69, 9.17) is 11.6 Å². The first-order valence-corrected chi connectivity index (χ1v) is 7.45. The van der Waals surface area contributed by atoms with Crippen LogP contribution < -0.4 is 16.0 Å². The Balaban J connectivity index is 1.97. The number of urea groups is 1. The molecule has 120 valence electrons. The van der Waals surface area contributed by atoms with Crippen molar-refractivity contribution in [3.8, 4) is 0 Å². The number of halogens is 1. The Kier molecular flexibility index (Phi) is 4.75. The van der Waals surface area contributed by atoms with E-state index in [0.717, 1.165) is 11.4 Å². The van der Waals surface area contributed by atoms with Crippen molar-refractivity contribution in [2.45, 2.75) is 40.3 Å². The summed E-state index contributed by atoms with van der Waals surface area (Å²) in [5.74, 6) is -0.204. The molecule has 0 fully saturated rings. The lowest BCUT2D eigenvalue weighted by Gasteiger charge is -2.25. The van der Waals surface area contributed by atoms with E-state index in [-0.39, 0.29) is 18.0 Å². The van der Waals surface area contributed by atoms with Crippen LogP contribution in [-0.4, -0.2) is 34.3 Å². The highest BCUT2D eigenvalue weighted by molar-refractivity contribution is 6.31. The van der Waals surface area contributed by atoms with Gasteiger partial charge in [0, 0.05) is 12.2 Å². The van der Waals surface area contributed by atoms with Gasteiger partial charge in [-0.1, -0.05) is 11.6 Å². The predicted molar refractivity (Wildman–Crippen MR) is 83.6 cm³/mol. The largest absolute Gasteiger partial charge is 0.350 e. The molecule has 0 radical (unpaired) electrons. The number of hydrogen-bond acceptors (Lipinski definition) is 3. The highest BCUT2D eigenvalue weighted by atomic mass is 35.5. The summed E-state index contributed by atoms with van der Waals surface area (Å²) < 4.78 is 1.77. The first-order chi connectivity index (χ1) is 10.3. The number of hydrogen-bond donors (Lipinski definition) is 3. The molecule has 0 saturated heterocycles. The van der Waals surface area contributed by atoms with Crippen LogP contribution in [-0.2, 0) is 11.3 Å². The maximum absolute atomic E-state index is 12.3. The summed E-state index contributed by atoms with van der Waals surface area (Å²) in [6.45, 7) is 8.18. The fourth-order valence-corrected chi connectivity index (χ4v) is 2.63. The van der Waals surface area contributed by atoms with E-state index in [2.05, 4.69) is 21.0 Å². The summed E-state index contributed by atoms with van der Waals surface area (Å²) in [4.78, 5) is 23.6. The van der Waals surface area contributed by atoms with Crippen molar-refractivity contribution >= 4 is 23.5 Å². The Bertz CT molecular complexity index is 650. The molecule has 0 aliphatic carbocycles. The molecule has 0 aromatic carbocycles. The average Bonchev–Trinajstić information content (AvgIpc) is 2.65. The first-order valence-electron chi connectivity index (χ1n) is 7.07. The molecule has 7 nitrogen and oxygen atoms in total. The lowest BCUT2D eigenvalue weighted by Crippen LogP contribution is -2.50. The molecule has 3 amide bonds. The monoisotopic (exact) mass is 325 g/mol. The zero-order valence-electron chi connectivity index (χ0n) is 13.1. The standard InChI is InChI=1S/C14H20ClN5O2/c1-7-11(8(2)18-14(22)17-7)13(21)16-5-6-20-10(4)12(15)9(3)19-20/h7H,5-6H2,1-4H3,(H,16,21)(H2,17,18,22)/t7-/m1/s1. The van der Waals surface area contributed by atoms with Gasteiger partial charge in [0.2, 0.25) is 0 Å². The summed E-state index contributed by atoms with van der Waals surface area (Å²) in [7, 11) is 0. The zero-order chi connectivity index (χ0) is 16.4. The quantitative estimate of drug-likeness (QED) is 0.778. The van der Waals surface area contributed by atoms with Crippen LogP contribution in [0.3, 0.4) is 0 Å². The number of rotatable bonds is 4. The van der Waals surface area contributed by atoms with Crippen LogP contribution in [0.2, 0.25) is 5.02 Å². The molecule has 22 heavy (non-hydrogen) atoms. The molecule has 2 rings (SSSR count). The summed E-state index contributed by atoms with van der Waals surface area (Å²) in [5.41, 5.74) is 2.76. The number of aromatic nitrogens is 2. The van der Waals surface area contributed by atoms with Crippen LogP contribution in [0, 0.1) is 13.8 Å². The van der Waals surface area contributed by atoms with Gasteiger partial charge in [-0.05, 0) is 27.7 Å². The summed E-state index contributed by atoms with van der Waals surface area (Å²) >= 11 is 6.09. The number of carbonyl (C=O) groups is 2. The highest BCUT2D eigenvalue weighted by Gasteiger charge is 2.26. The van der Waals surface area contributed by atoms with Crippen LogP contribution in [0.1, 0.15) is 25.2 Å². The molecule has 3 N–H and O–H groups in total. The van der Waals surface area contributed by atoms with Crippen molar-refractivity contribution in [1.29, 1.82) is 0 Å². The summed E-state index contributed by atoms with van der Waals surface area (Å²) in [6, 6.07) is -0.615. The van der Waals surface area contributed by atoms with Crippen LogP contribution in [0.15, 0.2) is 11.3 Å². The van der Waals surface area contributed by atoms with Crippen molar-refractivity contribution in [2.75, 3.05) is 6.54 Å². The Hall–Kier alpha value is -2.02. The maximum Gasteiger partial charge on any atom is 0.319 e. The van der Waals surface area contributed by atoms with Crippen LogP contribution in [0.25, 0.3) is 0 Å². The van der Waals surface area contributed by atoms with Crippen molar-refractivity contribution in [2.24, 2.45) is 0 Å². The SMILES string of the molecule is CC1=C(C(=O)NCCn2nc(C)c(Cl)c2C)[C@@H](C)NC(=O)N1. The molecule has 0 bridgehead atoms. The van der Waals surface area contributed by atoms with Crippen LogP contribution in [0.4, 0.5) is 4.79 Å². The van der Waals surface area contributed by atoms with Crippen molar-refractivity contribution < 1.29 is 9.59 Å². The minimum absolute atomic E-state index is 0.204. The number of nitrogens with zero attached hydrogens (tertiary/aromatic N) is 2. The number of aryl methyl sites for hydroxylation is 1. The Morgan fingerprint density at radius 2 is 2.09 bits per heavy atom. The third-order valence-electron chi connectivity index (χ3n) is 3.63. The van der Waals surface area contributed by atoms with E-state index in [1.165, 1.54) is 0 Å². The lowest BCUT2D eigenvalue weighted by atomic mass is 10.0. The van der Waals surface area contributed by atoms with E-state index in [9.17, 15) is 9.59 Å². The van der Waals surface area contributed by atoms with Gasteiger partial charge in [0.25, 0.3) is 5.91 Å². The van der Waals surface area contributed by atoms with E-state index in [1.54, 1.807) is 18.5 Å². The first kappa shape index (κ1) is 16.4. The number of amides is 3. The van der Waals surface area contributed by atoms with E-state index < -0.39 is 0 Å². The summed E-state index contributed by atoms with van der Waals surface area (Å²) in [6.07, 6.45) is 0. The van der Waals surface area contributed by atoms with Gasteiger partial charge in [-0.3, -0.25) is 9.48 Å². The second-order valence-electron chi connectivity index (χ2n) is 5.32. The molecule has 0 unspecified atom stereocenters. The fraction of sp³-hybridized carbons (Fsp3) is 0.500. The third kappa shape index (κ3) is 3.24. The van der Waals surface area contributed by atoms with Crippen molar-refractivity contribution in [3.05, 3.63) is 27.7 Å². The maximum atomic E-state index is 12.3. The van der Waals surface area contributed by atoms with Crippen LogP contribution >= 0.6 is 11.6 Å². The van der Waals surface area contributed by atoms with Gasteiger partial charge in [-0.15, -0.1) is 0 Å². The molecular formula is C14H20ClN5O2. The third-order valence-corrected chi connectivity index (χ3v) is 4.18. The number of allylic oxidation sites excluding steroid dienone is 1. The Labute approximate surface area is 134 Å². The molecule has 1 aromatic heterocycles. The predicted octanol–water partition coefficient (Wildman–Crippen LogP) is 1.24. The number of nitrogens with one attached hydrogen (secondary N) is 3. The van der Waals surface area contributed by atoms with Gasteiger partial charge in [0.05, 0.1) is 34.6 Å². The zero-order valence-corrected chi connectivity index (χ0v) is 13.8.